The second kappa shape index (κ2) is 13.0. The van der Waals surface area contributed by atoms with Crippen molar-refractivity contribution >= 4 is 29.4 Å². The quantitative estimate of drug-likeness (QED) is 0.278. The summed E-state index contributed by atoms with van der Waals surface area (Å²) in [5, 5.41) is 18.6. The molecule has 0 aromatic heterocycles. The molecular formula is C34H39N3O5. The summed E-state index contributed by atoms with van der Waals surface area (Å²) in [6, 6.07) is 24.6. The normalized spacial score (nSPS) is 15.7. The number of nitrogens with zero attached hydrogens (tertiary/aromatic N) is 2. The van der Waals surface area contributed by atoms with Gasteiger partial charge >= 0.3 is 5.97 Å². The molecule has 3 unspecified atom stereocenters. The first-order chi connectivity index (χ1) is 20.0. The minimum absolute atomic E-state index is 0.0720. The Balaban J connectivity index is 1.50. The average molecular weight is 570 g/mol. The molecule has 1 aliphatic heterocycles. The molecule has 3 aromatic rings. The first-order valence-electron chi connectivity index (χ1n) is 14.3. The van der Waals surface area contributed by atoms with Gasteiger partial charge < -0.3 is 15.2 Å². The largest absolute Gasteiger partial charge is 0.481 e. The third kappa shape index (κ3) is 6.87. The van der Waals surface area contributed by atoms with Crippen molar-refractivity contribution in [1.82, 2.24) is 5.01 Å². The van der Waals surface area contributed by atoms with Gasteiger partial charge in [-0.15, -0.1) is 5.10 Å². The van der Waals surface area contributed by atoms with E-state index in [-0.39, 0.29) is 36.8 Å². The fourth-order valence-corrected chi connectivity index (χ4v) is 4.93. The molecule has 8 heteroatoms. The summed E-state index contributed by atoms with van der Waals surface area (Å²) in [5.74, 6) is -1.39. The van der Waals surface area contributed by atoms with Crippen LogP contribution in [0, 0.1) is 11.3 Å². The van der Waals surface area contributed by atoms with Gasteiger partial charge in [-0.05, 0) is 66.6 Å². The number of carboxylic acid groups (broad SMARTS) is 1. The zero-order chi connectivity index (χ0) is 30.4. The first-order valence-corrected chi connectivity index (χ1v) is 14.3. The van der Waals surface area contributed by atoms with Gasteiger partial charge in [-0.2, -0.15) is 0 Å². The number of carboxylic acids is 1. The molecule has 0 fully saturated rings. The van der Waals surface area contributed by atoms with Crippen molar-refractivity contribution in [2.24, 2.45) is 16.4 Å². The Morgan fingerprint density at radius 1 is 1.00 bits per heavy atom. The van der Waals surface area contributed by atoms with E-state index < -0.39 is 17.3 Å². The molecule has 0 bridgehead atoms. The van der Waals surface area contributed by atoms with E-state index in [1.165, 1.54) is 5.01 Å². The van der Waals surface area contributed by atoms with Gasteiger partial charge in [0.15, 0.2) is 6.61 Å². The Labute approximate surface area is 247 Å². The zero-order valence-electron chi connectivity index (χ0n) is 24.8. The number of hydrazone groups is 1. The molecule has 0 saturated carbocycles. The number of hydrogen-bond acceptors (Lipinski definition) is 5. The number of aliphatic carboxylic acids is 1. The highest BCUT2D eigenvalue weighted by molar-refractivity contribution is 5.98. The summed E-state index contributed by atoms with van der Waals surface area (Å²) in [6.45, 7) is 9.62. The second-order valence-corrected chi connectivity index (χ2v) is 11.5. The SMILES string of the molecule is CCC(C)C(C(=O)Nc1cccc(C(C)C(C)(C)C(=O)O)c1)c1ccc(CN2N=C(c3ccccc3)OCC2=O)cc1. The Morgan fingerprint density at radius 2 is 1.69 bits per heavy atom. The van der Waals surface area contributed by atoms with Gasteiger partial charge in [0, 0.05) is 11.3 Å². The van der Waals surface area contributed by atoms with Crippen molar-refractivity contribution in [3.8, 4) is 0 Å². The minimum atomic E-state index is -0.954. The topological polar surface area (TPSA) is 108 Å². The molecule has 0 aliphatic carbocycles. The van der Waals surface area contributed by atoms with E-state index in [4.69, 9.17) is 4.74 Å². The van der Waals surface area contributed by atoms with Crippen LogP contribution in [0.1, 0.15) is 75.1 Å². The van der Waals surface area contributed by atoms with Crippen LogP contribution in [0.25, 0.3) is 0 Å². The van der Waals surface area contributed by atoms with Crippen molar-refractivity contribution in [2.45, 2.75) is 59.4 Å². The van der Waals surface area contributed by atoms with Crippen molar-refractivity contribution in [3.05, 3.63) is 101 Å². The molecule has 42 heavy (non-hydrogen) atoms. The van der Waals surface area contributed by atoms with E-state index in [2.05, 4.69) is 24.3 Å². The molecule has 0 saturated heterocycles. The summed E-state index contributed by atoms with van der Waals surface area (Å²) in [7, 11) is 0. The highest BCUT2D eigenvalue weighted by Crippen LogP contribution is 2.36. The molecule has 1 aliphatic rings. The van der Waals surface area contributed by atoms with Crippen LogP contribution in [0.2, 0.25) is 0 Å². The Bertz CT molecular complexity index is 1450. The van der Waals surface area contributed by atoms with Crippen LogP contribution in [-0.2, 0) is 25.7 Å². The lowest BCUT2D eigenvalue weighted by molar-refractivity contribution is -0.148. The molecule has 1 heterocycles. The van der Waals surface area contributed by atoms with Crippen LogP contribution in [0.3, 0.4) is 0 Å². The van der Waals surface area contributed by atoms with E-state index in [9.17, 15) is 19.5 Å². The molecule has 2 amide bonds. The van der Waals surface area contributed by atoms with E-state index in [0.717, 1.165) is 28.7 Å². The molecule has 4 rings (SSSR count). The van der Waals surface area contributed by atoms with Crippen LogP contribution < -0.4 is 5.32 Å². The van der Waals surface area contributed by atoms with Crippen LogP contribution in [0.4, 0.5) is 5.69 Å². The lowest BCUT2D eigenvalue weighted by Crippen LogP contribution is -2.36. The molecule has 220 valence electrons. The summed E-state index contributed by atoms with van der Waals surface area (Å²) in [4.78, 5) is 37.9. The van der Waals surface area contributed by atoms with E-state index in [1.807, 2.05) is 85.8 Å². The number of carbonyl (C=O) groups is 3. The summed E-state index contributed by atoms with van der Waals surface area (Å²) >= 11 is 0. The number of hydrogen-bond donors (Lipinski definition) is 2. The molecule has 3 atom stereocenters. The Morgan fingerprint density at radius 3 is 2.33 bits per heavy atom. The number of ether oxygens (including phenoxy) is 1. The monoisotopic (exact) mass is 569 g/mol. The van der Waals surface area contributed by atoms with Gasteiger partial charge in [0.2, 0.25) is 11.8 Å². The van der Waals surface area contributed by atoms with Crippen LogP contribution in [0.15, 0.2) is 84.0 Å². The Kier molecular flexibility index (Phi) is 9.45. The van der Waals surface area contributed by atoms with Gasteiger partial charge in [-0.25, -0.2) is 5.01 Å². The highest BCUT2D eigenvalue weighted by Gasteiger charge is 2.35. The fourth-order valence-electron chi connectivity index (χ4n) is 4.93. The van der Waals surface area contributed by atoms with Gasteiger partial charge in [0.25, 0.3) is 5.91 Å². The van der Waals surface area contributed by atoms with Crippen LogP contribution in [-0.4, -0.2) is 40.4 Å². The minimum Gasteiger partial charge on any atom is -0.481 e. The lowest BCUT2D eigenvalue weighted by Gasteiger charge is -2.28. The maximum atomic E-state index is 13.6. The standard InChI is InChI=1S/C34H39N3O5/c1-6-22(2)30(31(39)35-28-14-10-13-27(19-28)23(3)34(4,5)33(40)41)25-17-15-24(16-18-25)20-37-29(38)21-42-32(36-37)26-11-8-7-9-12-26/h7-19,22-23,30H,6,20-21H2,1-5H3,(H,35,39)(H,40,41). The number of nitrogens with one attached hydrogen (secondary N) is 1. The smallest absolute Gasteiger partial charge is 0.309 e. The third-order valence-corrected chi connectivity index (χ3v) is 8.31. The molecule has 2 N–H and O–H groups in total. The number of amides is 2. The second-order valence-electron chi connectivity index (χ2n) is 11.5. The number of carbonyl (C=O) groups excluding carboxylic acids is 2. The third-order valence-electron chi connectivity index (χ3n) is 8.31. The van der Waals surface area contributed by atoms with Gasteiger partial charge in [-0.3, -0.25) is 14.4 Å². The van der Waals surface area contributed by atoms with Crippen LogP contribution in [0.5, 0.6) is 0 Å². The number of benzene rings is 3. The highest BCUT2D eigenvalue weighted by atomic mass is 16.5. The van der Waals surface area contributed by atoms with Crippen molar-refractivity contribution < 1.29 is 24.2 Å². The summed E-state index contributed by atoms with van der Waals surface area (Å²) < 4.78 is 5.54. The molecule has 8 nitrogen and oxygen atoms in total. The molecule has 0 radical (unpaired) electrons. The predicted octanol–water partition coefficient (Wildman–Crippen LogP) is 6.39. The molecule has 3 aromatic carbocycles. The maximum Gasteiger partial charge on any atom is 0.309 e. The van der Waals surface area contributed by atoms with E-state index >= 15 is 0 Å². The zero-order valence-corrected chi connectivity index (χ0v) is 24.8. The first kappa shape index (κ1) is 30.5. The molecule has 0 spiro atoms. The Hall–Kier alpha value is -4.46. The van der Waals surface area contributed by atoms with Gasteiger partial charge in [0.1, 0.15) is 0 Å². The molecular weight excluding hydrogens is 530 g/mol. The van der Waals surface area contributed by atoms with E-state index in [1.54, 1.807) is 13.8 Å². The number of rotatable bonds is 11. The maximum absolute atomic E-state index is 13.6. The lowest BCUT2D eigenvalue weighted by atomic mass is 9.76. The van der Waals surface area contributed by atoms with Crippen molar-refractivity contribution in [3.63, 3.8) is 0 Å². The number of anilines is 1. The van der Waals surface area contributed by atoms with Gasteiger partial charge in [0.05, 0.1) is 17.9 Å². The van der Waals surface area contributed by atoms with E-state index in [0.29, 0.717) is 11.6 Å². The van der Waals surface area contributed by atoms with Crippen molar-refractivity contribution in [1.29, 1.82) is 0 Å². The van der Waals surface area contributed by atoms with Crippen molar-refractivity contribution in [2.75, 3.05) is 11.9 Å². The summed E-state index contributed by atoms with van der Waals surface area (Å²) in [5.41, 5.74) is 3.09. The summed E-state index contributed by atoms with van der Waals surface area (Å²) in [6.07, 6.45) is 0.809. The van der Waals surface area contributed by atoms with Gasteiger partial charge in [-0.1, -0.05) is 81.8 Å². The fraction of sp³-hybridized carbons (Fsp3) is 0.353. The average Bonchev–Trinajstić information content (AvgIpc) is 2.99. The van der Waals surface area contributed by atoms with Crippen LogP contribution >= 0.6 is 0 Å². The predicted molar refractivity (Wildman–Crippen MR) is 163 cm³/mol.